The van der Waals surface area contributed by atoms with Gasteiger partial charge in [-0.05, 0) is 42.2 Å². The number of benzene rings is 2. The Hall–Kier alpha value is -3.50. The minimum Gasteiger partial charge on any atom is -0.492 e. The molecule has 2 aromatic carbocycles. The Labute approximate surface area is 208 Å². The van der Waals surface area contributed by atoms with Gasteiger partial charge in [-0.3, -0.25) is 4.79 Å². The van der Waals surface area contributed by atoms with E-state index in [4.69, 9.17) is 4.74 Å². The summed E-state index contributed by atoms with van der Waals surface area (Å²) in [6.07, 6.45) is 3.22. The van der Waals surface area contributed by atoms with Gasteiger partial charge in [0.25, 0.3) is 5.91 Å². The van der Waals surface area contributed by atoms with Crippen molar-refractivity contribution in [1.82, 2.24) is 14.7 Å². The van der Waals surface area contributed by atoms with Gasteiger partial charge in [-0.25, -0.2) is 23.1 Å². The number of fused-ring (bicyclic) bond motifs is 1. The Balaban J connectivity index is 1.50. The second-order valence-corrected chi connectivity index (χ2v) is 10.8. The van der Waals surface area contributed by atoms with E-state index in [1.165, 1.54) is 28.2 Å². The van der Waals surface area contributed by atoms with Crippen molar-refractivity contribution in [1.29, 1.82) is 0 Å². The first-order chi connectivity index (χ1) is 16.7. The van der Waals surface area contributed by atoms with Gasteiger partial charge in [0.1, 0.15) is 22.8 Å². The van der Waals surface area contributed by atoms with Crippen LogP contribution in [-0.2, 0) is 16.4 Å². The van der Waals surface area contributed by atoms with Crippen molar-refractivity contribution in [3.8, 4) is 16.3 Å². The number of hydrogen-bond acceptors (Lipinski definition) is 8. The zero-order valence-electron chi connectivity index (χ0n) is 19.7. The third-order valence-electron chi connectivity index (χ3n) is 5.41. The van der Waals surface area contributed by atoms with Crippen molar-refractivity contribution in [3.05, 3.63) is 70.9 Å². The fourth-order valence-electron chi connectivity index (χ4n) is 3.79. The largest absolute Gasteiger partial charge is 0.492 e. The average Bonchev–Trinajstić information content (AvgIpc) is 3.24. The molecule has 0 fully saturated rings. The summed E-state index contributed by atoms with van der Waals surface area (Å²) >= 11 is 1.11. The van der Waals surface area contributed by atoms with Gasteiger partial charge in [0.2, 0.25) is 10.0 Å². The summed E-state index contributed by atoms with van der Waals surface area (Å²) in [6.45, 7) is 4.96. The van der Waals surface area contributed by atoms with E-state index >= 15 is 0 Å². The monoisotopic (exact) mass is 510 g/mol. The van der Waals surface area contributed by atoms with Gasteiger partial charge in [0.15, 0.2) is 0 Å². The molecule has 2 N–H and O–H groups in total. The second kappa shape index (κ2) is 10.4. The third kappa shape index (κ3) is 5.95. The normalized spacial score (nSPS) is 11.4. The van der Waals surface area contributed by atoms with Crippen molar-refractivity contribution in [2.45, 2.75) is 20.3 Å². The summed E-state index contributed by atoms with van der Waals surface area (Å²) in [4.78, 5) is 21.9. The molecule has 1 amide bonds. The van der Waals surface area contributed by atoms with Gasteiger partial charge in [-0.15, -0.1) is 11.3 Å². The first-order valence-corrected chi connectivity index (χ1v) is 13.8. The Kier molecular flexibility index (Phi) is 7.32. The summed E-state index contributed by atoms with van der Waals surface area (Å²) in [5, 5.41) is 5.83. The number of hydrogen-bond donors (Lipinski definition) is 2. The molecule has 2 aromatic heterocycles. The molecule has 4 aromatic rings. The van der Waals surface area contributed by atoms with E-state index in [2.05, 4.69) is 52.5 Å². The molecule has 0 aliphatic carbocycles. The van der Waals surface area contributed by atoms with Crippen molar-refractivity contribution in [3.63, 3.8) is 0 Å². The number of amides is 1. The molecule has 0 atom stereocenters. The van der Waals surface area contributed by atoms with Crippen LogP contribution in [0.1, 0.15) is 27.7 Å². The zero-order chi connectivity index (χ0) is 25.0. The molecule has 0 saturated carbocycles. The molecule has 2 heterocycles. The van der Waals surface area contributed by atoms with Crippen molar-refractivity contribution < 1.29 is 17.9 Å². The van der Waals surface area contributed by atoms with Crippen LogP contribution < -0.4 is 14.8 Å². The maximum atomic E-state index is 12.4. The highest BCUT2D eigenvalue weighted by atomic mass is 32.2. The van der Waals surface area contributed by atoms with Crippen LogP contribution in [-0.4, -0.2) is 43.7 Å². The van der Waals surface area contributed by atoms with Crippen molar-refractivity contribution >= 4 is 43.9 Å². The number of thiophene rings is 1. The molecule has 0 unspecified atom stereocenters. The number of nitrogens with one attached hydrogen (secondary N) is 2. The Morgan fingerprint density at radius 2 is 1.91 bits per heavy atom. The van der Waals surface area contributed by atoms with Gasteiger partial charge < -0.3 is 10.1 Å². The number of carbonyl (C=O) groups excluding carboxylic acids is 1. The fraction of sp³-hybridized carbons (Fsp3) is 0.240. The van der Waals surface area contributed by atoms with Gasteiger partial charge in [0, 0.05) is 18.7 Å². The maximum absolute atomic E-state index is 12.4. The zero-order valence-corrected chi connectivity index (χ0v) is 21.3. The number of aryl methyl sites for hydroxylation is 1. The predicted molar refractivity (Wildman–Crippen MR) is 140 cm³/mol. The highest BCUT2D eigenvalue weighted by molar-refractivity contribution is 7.89. The molecule has 8 nitrogen and oxygen atoms in total. The Morgan fingerprint density at radius 1 is 1.11 bits per heavy atom. The Morgan fingerprint density at radius 3 is 2.69 bits per heavy atom. The molecule has 182 valence electrons. The number of aromatic nitrogens is 2. The molecule has 10 heteroatoms. The summed E-state index contributed by atoms with van der Waals surface area (Å²) in [6, 6.07) is 16.1. The number of carbonyl (C=O) groups is 1. The SMILES string of the molecule is CCOc1cc(-c2cc(NCCc3ccc4ccccc4c3C)ncn2)sc1C(=O)NS(C)(=O)=O. The van der Waals surface area contributed by atoms with E-state index in [9.17, 15) is 13.2 Å². The predicted octanol–water partition coefficient (Wildman–Crippen LogP) is 4.41. The lowest BCUT2D eigenvalue weighted by Gasteiger charge is -2.11. The highest BCUT2D eigenvalue weighted by Crippen LogP contribution is 2.36. The van der Waals surface area contributed by atoms with Crippen LogP contribution in [0.2, 0.25) is 0 Å². The lowest BCUT2D eigenvalue weighted by atomic mass is 9.98. The molecule has 0 spiro atoms. The smallest absolute Gasteiger partial charge is 0.278 e. The van der Waals surface area contributed by atoms with Crippen LogP contribution in [0.5, 0.6) is 5.75 Å². The summed E-state index contributed by atoms with van der Waals surface area (Å²) in [5.74, 6) is 0.237. The van der Waals surface area contributed by atoms with E-state index in [-0.39, 0.29) is 4.88 Å². The van der Waals surface area contributed by atoms with Crippen LogP contribution >= 0.6 is 11.3 Å². The van der Waals surface area contributed by atoms with E-state index in [1.807, 2.05) is 10.8 Å². The van der Waals surface area contributed by atoms with Crippen LogP contribution in [0, 0.1) is 6.92 Å². The van der Waals surface area contributed by atoms with Gasteiger partial charge in [-0.2, -0.15) is 0 Å². The maximum Gasteiger partial charge on any atom is 0.278 e. The van der Waals surface area contributed by atoms with Crippen molar-refractivity contribution in [2.24, 2.45) is 0 Å². The molecular weight excluding hydrogens is 484 g/mol. The Bertz CT molecular complexity index is 1480. The number of ether oxygens (including phenoxy) is 1. The summed E-state index contributed by atoms with van der Waals surface area (Å²) < 4.78 is 30.5. The lowest BCUT2D eigenvalue weighted by Crippen LogP contribution is -2.28. The number of nitrogens with zero attached hydrogens (tertiary/aromatic N) is 2. The quantitative estimate of drug-likeness (QED) is 0.343. The molecule has 4 rings (SSSR count). The standard InChI is InChI=1S/C25H26N4O4S2/c1-4-33-21-14-22(34-24(21)25(30)29-35(3,31)32)20-13-23(28-15-27-20)26-12-11-17-9-10-18-7-5-6-8-19(18)16(17)2/h5-10,13-15H,4,11-12H2,1-3H3,(H,29,30)(H,26,27,28). The van der Waals surface area contributed by atoms with Gasteiger partial charge >= 0.3 is 0 Å². The number of anilines is 1. The fourth-order valence-corrected chi connectivity index (χ4v) is 5.26. The van der Waals surface area contributed by atoms with E-state index in [1.54, 1.807) is 19.1 Å². The number of rotatable bonds is 9. The summed E-state index contributed by atoms with van der Waals surface area (Å²) in [5.41, 5.74) is 3.15. The van der Waals surface area contributed by atoms with Gasteiger partial charge in [0.05, 0.1) is 23.4 Å². The first-order valence-electron chi connectivity index (χ1n) is 11.1. The highest BCUT2D eigenvalue weighted by Gasteiger charge is 2.21. The molecular formula is C25H26N4O4S2. The minimum atomic E-state index is -3.70. The summed E-state index contributed by atoms with van der Waals surface area (Å²) in [7, 11) is -3.70. The first kappa shape index (κ1) is 24.6. The van der Waals surface area contributed by atoms with Crippen LogP contribution in [0.15, 0.2) is 54.9 Å². The van der Waals surface area contributed by atoms with E-state index in [0.29, 0.717) is 35.3 Å². The average molecular weight is 511 g/mol. The molecule has 0 radical (unpaired) electrons. The van der Waals surface area contributed by atoms with Crippen molar-refractivity contribution in [2.75, 3.05) is 24.7 Å². The topological polar surface area (TPSA) is 110 Å². The molecule has 0 saturated heterocycles. The second-order valence-electron chi connectivity index (χ2n) is 7.98. The minimum absolute atomic E-state index is 0.173. The van der Waals surface area contributed by atoms with E-state index < -0.39 is 15.9 Å². The van der Waals surface area contributed by atoms with E-state index in [0.717, 1.165) is 24.0 Å². The number of sulfonamides is 1. The molecule has 0 aliphatic rings. The van der Waals surface area contributed by atoms with Crippen LogP contribution in [0.25, 0.3) is 21.3 Å². The molecule has 0 aliphatic heterocycles. The van der Waals surface area contributed by atoms with Crippen LogP contribution in [0.4, 0.5) is 5.82 Å². The lowest BCUT2D eigenvalue weighted by molar-refractivity contribution is 0.0982. The van der Waals surface area contributed by atoms with Crippen LogP contribution in [0.3, 0.4) is 0 Å². The molecule has 35 heavy (non-hydrogen) atoms. The third-order valence-corrected chi connectivity index (χ3v) is 7.11. The molecule has 0 bridgehead atoms. The van der Waals surface area contributed by atoms with Gasteiger partial charge in [-0.1, -0.05) is 36.4 Å².